The quantitative estimate of drug-likeness (QED) is 0.0228. The Balaban J connectivity index is 0.000000161. The maximum absolute atomic E-state index is 15.0. The summed E-state index contributed by atoms with van der Waals surface area (Å²) in [5, 5.41) is 55.5. The van der Waals surface area contributed by atoms with Gasteiger partial charge in [-0.15, -0.1) is 45.3 Å². The number of alkyl halides is 1. The van der Waals surface area contributed by atoms with Crippen LogP contribution < -0.4 is 42.5 Å². The maximum Gasteiger partial charge on any atom is 0.280 e. The molecule has 39 heteroatoms. The van der Waals surface area contributed by atoms with E-state index in [2.05, 4.69) is 103 Å². The lowest BCUT2D eigenvalue weighted by atomic mass is 9.83. The number of carbonyl (C=O) groups is 8. The highest BCUT2D eigenvalue weighted by molar-refractivity contribution is 7.91. The molecule has 0 radical (unpaired) electrons. The molecule has 3 saturated carbocycles. The number of halogens is 1. The number of sulfone groups is 1. The molecule has 8 fully saturated rings. The van der Waals surface area contributed by atoms with Gasteiger partial charge in [-0.25, -0.2) is 52.7 Å². The van der Waals surface area contributed by atoms with Gasteiger partial charge in [0.2, 0.25) is 0 Å². The monoisotopic (exact) mass is 2080 g/mol. The van der Waals surface area contributed by atoms with Gasteiger partial charge in [-0.3, -0.25) is 38.4 Å². The lowest BCUT2D eigenvalue weighted by molar-refractivity contribution is 0.0622. The average molecular weight is 2080 g/mol. The number of hydrogen-bond acceptors (Lipinski definition) is 29. The highest BCUT2D eigenvalue weighted by atomic mass is 32.2. The second kappa shape index (κ2) is 48.7. The molecule has 33 nitrogen and oxygen atoms in total. The van der Waals surface area contributed by atoms with Gasteiger partial charge in [0, 0.05) is 141 Å². The van der Waals surface area contributed by atoms with Crippen LogP contribution in [0.1, 0.15) is 360 Å². The number of piperidine rings is 4. The maximum atomic E-state index is 15.0. The molecular formula is C105H149FN20O13S5. The van der Waals surface area contributed by atoms with Crippen LogP contribution in [0, 0.1) is 27.7 Å². The van der Waals surface area contributed by atoms with Crippen LogP contribution in [0.25, 0.3) is 41.8 Å². The molecule has 144 heavy (non-hydrogen) atoms. The highest BCUT2D eigenvalue weighted by Gasteiger charge is 2.41. The molecule has 0 spiro atoms. The first-order chi connectivity index (χ1) is 68.1. The van der Waals surface area contributed by atoms with Crippen LogP contribution in [-0.2, 0) is 9.84 Å². The van der Waals surface area contributed by atoms with Crippen molar-refractivity contribution in [1.29, 1.82) is 0 Å². The largest absolute Gasteiger partial charge is 0.389 e. The van der Waals surface area contributed by atoms with Crippen molar-refractivity contribution in [2.24, 2.45) is 0 Å². The number of aromatic nitrogens is 8. The van der Waals surface area contributed by atoms with Gasteiger partial charge in [-0.05, 0) is 293 Å². The molecule has 0 bridgehead atoms. The van der Waals surface area contributed by atoms with Crippen LogP contribution in [-0.4, -0.2) is 265 Å². The first kappa shape index (κ1) is 111. The molecule has 16 rings (SSSR count). The van der Waals surface area contributed by atoms with Crippen molar-refractivity contribution in [2.75, 3.05) is 78.6 Å². The van der Waals surface area contributed by atoms with E-state index in [9.17, 15) is 62.1 Å². The minimum Gasteiger partial charge on any atom is -0.389 e. The molecule has 0 aromatic carbocycles. The van der Waals surface area contributed by atoms with Gasteiger partial charge in [0.25, 0.3) is 47.3 Å². The van der Waals surface area contributed by atoms with Crippen molar-refractivity contribution in [3.8, 4) is 41.8 Å². The second-order valence-corrected chi connectivity index (χ2v) is 49.2. The van der Waals surface area contributed by atoms with E-state index in [-0.39, 0.29) is 134 Å². The Morgan fingerprint density at radius 3 is 0.965 bits per heavy atom. The summed E-state index contributed by atoms with van der Waals surface area (Å²) in [5.74, 6) is 0.915. The van der Waals surface area contributed by atoms with E-state index in [1.165, 1.54) is 59.7 Å². The summed E-state index contributed by atoms with van der Waals surface area (Å²) in [4.78, 5) is 153. The van der Waals surface area contributed by atoms with Crippen LogP contribution in [0.15, 0.2) is 49.1 Å². The Hall–Kier alpha value is -10.2. The van der Waals surface area contributed by atoms with Crippen LogP contribution >= 0.6 is 45.3 Å². The lowest BCUT2D eigenvalue weighted by Crippen LogP contribution is -2.43. The van der Waals surface area contributed by atoms with Gasteiger partial charge in [0.1, 0.15) is 61.6 Å². The van der Waals surface area contributed by atoms with Crippen molar-refractivity contribution in [3.63, 3.8) is 0 Å². The molecule has 8 amide bonds. The van der Waals surface area contributed by atoms with Gasteiger partial charge in [0.05, 0.1) is 53.9 Å². The average Bonchev–Trinajstić information content (AvgIpc) is 1.64. The van der Waals surface area contributed by atoms with Gasteiger partial charge in [-0.1, -0.05) is 38.5 Å². The third-order valence-corrected chi connectivity index (χ3v) is 34.1. The van der Waals surface area contributed by atoms with E-state index in [0.717, 1.165) is 190 Å². The molecule has 1 unspecified atom stereocenters. The molecule has 6 atom stereocenters. The minimum absolute atomic E-state index is 0.0583. The SMILES string of the molecule is Cc1cc(NC(C)C)ncc1-c1sc(C(=O)NCC(C)(C)O)nc1C(=O)N1CCCC[C@@H]1C.Cc1cc(NC2CCCC2)ncc1-c1sc(C(=O)NC2CCS(=O)(=O)CC2)nc1C(=O)N1CCCC[C@@H]1C.Cc1cc(NC2CCCC2)ncc1-c1sc(C(=O)NCC(C)(C)O)nc1C(=O)N1CCCC[C@@H]1C.Cc1cc(N[C@H]2CCCCC2(C)F)ncc1-c1sc(C(=O)NCC(C)(C)O)nc1C(=O)N1CCCC[C@@H]1C. The lowest BCUT2D eigenvalue weighted by Gasteiger charge is -2.35. The molecule has 5 saturated heterocycles. The fourth-order valence-electron chi connectivity index (χ4n) is 19.6. The van der Waals surface area contributed by atoms with Crippen LogP contribution in [0.4, 0.5) is 27.7 Å². The van der Waals surface area contributed by atoms with Crippen molar-refractivity contribution in [2.45, 2.75) is 361 Å². The molecule has 11 N–H and O–H groups in total. The fraction of sp³-hybridized carbons (Fsp3) is 0.619. The van der Waals surface area contributed by atoms with E-state index >= 15 is 4.39 Å². The Morgan fingerprint density at radius 1 is 0.403 bits per heavy atom. The normalized spacial score (nSPS) is 20.8. The Morgan fingerprint density at radius 2 is 0.681 bits per heavy atom. The molecule has 5 aliphatic heterocycles. The number of pyridine rings is 4. The van der Waals surface area contributed by atoms with Crippen LogP contribution in [0.3, 0.4) is 0 Å². The number of aryl methyl sites for hydroxylation is 4. The highest BCUT2D eigenvalue weighted by Crippen LogP contribution is 2.43. The van der Waals surface area contributed by atoms with Gasteiger partial charge in [0.15, 0.2) is 20.0 Å². The van der Waals surface area contributed by atoms with Crippen molar-refractivity contribution in [3.05, 3.63) is 114 Å². The molecule has 8 aliphatic rings. The van der Waals surface area contributed by atoms with Crippen LogP contribution in [0.5, 0.6) is 0 Å². The predicted molar refractivity (Wildman–Crippen MR) is 569 cm³/mol. The Bertz CT molecular complexity index is 5970. The van der Waals surface area contributed by atoms with Crippen molar-refractivity contribution >= 4 is 126 Å². The number of nitrogens with one attached hydrogen (secondary N) is 8. The summed E-state index contributed by atoms with van der Waals surface area (Å²) < 4.78 is 38.6. The zero-order valence-electron chi connectivity index (χ0n) is 86.8. The van der Waals surface area contributed by atoms with Crippen molar-refractivity contribution < 1.29 is 66.5 Å². The summed E-state index contributed by atoms with van der Waals surface area (Å²) >= 11 is 4.75. The first-order valence-electron chi connectivity index (χ1n) is 51.6. The molecule has 8 aromatic rings. The topological polar surface area (TPSA) is 444 Å². The molecular weight excluding hydrogens is 1930 g/mol. The fourth-order valence-corrected chi connectivity index (χ4v) is 25.2. The number of rotatable bonds is 27. The van der Waals surface area contributed by atoms with Crippen molar-refractivity contribution in [1.82, 2.24) is 80.7 Å². The summed E-state index contributed by atoms with van der Waals surface area (Å²) in [7, 11) is -3.03. The van der Waals surface area contributed by atoms with E-state index in [1.807, 2.05) is 92.3 Å². The van der Waals surface area contributed by atoms with Crippen LogP contribution in [0.2, 0.25) is 0 Å². The number of aliphatic hydroxyl groups is 3. The third-order valence-electron chi connectivity index (χ3n) is 28.0. The van der Waals surface area contributed by atoms with Gasteiger partial charge in [-0.2, -0.15) is 0 Å². The number of amides is 8. The summed E-state index contributed by atoms with van der Waals surface area (Å²) in [5.41, 5.74) is 3.54. The number of carbonyl (C=O) groups excluding carboxylic acids is 8. The number of anilines is 4. The van der Waals surface area contributed by atoms with E-state index in [0.29, 0.717) is 99.8 Å². The third kappa shape index (κ3) is 29.7. The minimum atomic E-state index is -3.03. The summed E-state index contributed by atoms with van der Waals surface area (Å²) in [6.07, 6.45) is 32.5. The molecule has 13 heterocycles. The molecule has 784 valence electrons. The summed E-state index contributed by atoms with van der Waals surface area (Å²) in [6.45, 7) is 34.5. The zero-order valence-corrected chi connectivity index (χ0v) is 90.9. The number of hydrogen-bond donors (Lipinski definition) is 11. The standard InChI is InChI=1S/C28H40FN5O3S.C27H37N5O4S2.C26H37N5O3S.C24H35N5O3S/c1-17-14-21(32-20-11-6-8-12-28(20,5)29)30-15-19(17)23-22(26(36)34-13-9-7-10-18(34)2)33-25(38-23)24(35)31-16-27(3,4)37;1-17-15-22(29-19-8-3-4-9-19)28-16-21(17)24-23(27(34)32-12-6-5-7-18(32)2)31-26(37-24)25(33)30-20-10-13-38(35,36)14-11-20;1-16-13-20(29-18-10-5-6-11-18)27-14-19(16)22-21(25(33)31-12-8-7-9-17(31)2)30-24(35-22)23(32)28-15-26(3,4)34;1-14(2)27-18-11-15(3)17(12-25-18)20-19(23(31)29-10-8-7-9-16(29)4)28-22(33-20)21(30)26-13-24(5,6)32/h14-15,18,20,37H,6-13,16H2,1-5H3,(H,30,32)(H,31,35);15-16,18-20H,3-14H2,1-2H3,(H,28,29)(H,30,33);13-14,17-18,34H,5-12,15H2,1-4H3,(H,27,29)(H,28,32);11-12,14,16,32H,7-10,13H2,1-6H3,(H,25,27)(H,26,30)/t18-,20-,28?;18-;17-;16-/m0000/s1. The van der Waals surface area contributed by atoms with Gasteiger partial charge >= 0.3 is 0 Å². The number of nitrogens with zero attached hydrogens (tertiary/aromatic N) is 12. The summed E-state index contributed by atoms with van der Waals surface area (Å²) in [6, 6.07) is 8.93. The molecule has 8 aromatic heterocycles. The first-order valence-corrected chi connectivity index (χ1v) is 56.7. The molecule has 3 aliphatic carbocycles. The zero-order chi connectivity index (χ0) is 104. The Labute approximate surface area is 863 Å². The smallest absolute Gasteiger partial charge is 0.280 e. The van der Waals surface area contributed by atoms with Gasteiger partial charge < -0.3 is 77.5 Å². The van der Waals surface area contributed by atoms with E-state index in [4.69, 9.17) is 0 Å². The van der Waals surface area contributed by atoms with E-state index in [1.54, 1.807) is 73.3 Å². The van der Waals surface area contributed by atoms with E-state index < -0.39 is 50.0 Å². The predicted octanol–water partition coefficient (Wildman–Crippen LogP) is 17.5. The number of thiazole rings is 4. The second-order valence-electron chi connectivity index (χ2n) is 42.9. The number of likely N-dealkylation sites (tertiary alicyclic amines) is 4. The Kier molecular flexibility index (Phi) is 37.5.